The van der Waals surface area contributed by atoms with Gasteiger partial charge in [-0.05, 0) is 38.5 Å². The van der Waals surface area contributed by atoms with Gasteiger partial charge in [-0.3, -0.25) is 0 Å². The van der Waals surface area contributed by atoms with Crippen LogP contribution < -0.4 is 0 Å². The first-order chi connectivity index (χ1) is 10.5. The number of hydrogen-bond donors (Lipinski definition) is 0. The van der Waals surface area contributed by atoms with Gasteiger partial charge in [-0.25, -0.2) is 0 Å². The van der Waals surface area contributed by atoms with E-state index in [0.29, 0.717) is 0 Å². The van der Waals surface area contributed by atoms with Crippen LogP contribution in [0.5, 0.6) is 0 Å². The summed E-state index contributed by atoms with van der Waals surface area (Å²) in [6.45, 7) is 6.92. The Morgan fingerprint density at radius 1 is 0.955 bits per heavy atom. The van der Waals surface area contributed by atoms with Crippen LogP contribution in [-0.2, 0) is 5.41 Å². The highest BCUT2D eigenvalue weighted by atomic mass is 32.1. The molecule has 0 N–H and O–H groups in total. The van der Waals surface area contributed by atoms with Gasteiger partial charge in [0.25, 0.3) is 5.00 Å². The van der Waals surface area contributed by atoms with Crippen LogP contribution in [0.4, 0.5) is 5.00 Å². The summed E-state index contributed by atoms with van der Waals surface area (Å²) < 4.78 is 3.79. The lowest BCUT2D eigenvalue weighted by Gasteiger charge is -2.19. The van der Waals surface area contributed by atoms with Crippen molar-refractivity contribution in [1.29, 1.82) is 0 Å². The Morgan fingerprint density at radius 3 is 2.41 bits per heavy atom. The summed E-state index contributed by atoms with van der Waals surface area (Å²) in [5.74, 6) is 0. The molecule has 1 nitrogen and oxygen atoms in total. The number of aryl methyl sites for hydroxylation is 1. The number of thiophene rings is 1. The van der Waals surface area contributed by atoms with Crippen LogP contribution in [0.3, 0.4) is 0 Å². The highest BCUT2D eigenvalue weighted by Crippen LogP contribution is 2.50. The SMILES string of the molecule is Cc1ccccc1C1=[N+](C)c2sc3ccccc3c2C1(C)C. The number of benzene rings is 2. The topological polar surface area (TPSA) is 3.01 Å². The van der Waals surface area contributed by atoms with E-state index in [2.05, 4.69) is 80.9 Å². The minimum atomic E-state index is 0.0236. The molecule has 110 valence electrons. The van der Waals surface area contributed by atoms with Crippen molar-refractivity contribution in [3.63, 3.8) is 0 Å². The fraction of sp³-hybridized carbons (Fsp3) is 0.250. The molecule has 4 rings (SSSR count). The summed E-state index contributed by atoms with van der Waals surface area (Å²) in [4.78, 5) is 0. The van der Waals surface area contributed by atoms with Crippen molar-refractivity contribution >= 4 is 32.1 Å². The van der Waals surface area contributed by atoms with Crippen molar-refractivity contribution in [1.82, 2.24) is 0 Å². The summed E-state index contributed by atoms with van der Waals surface area (Å²) in [6.07, 6.45) is 0. The van der Waals surface area contributed by atoms with E-state index in [4.69, 9.17) is 0 Å². The lowest BCUT2D eigenvalue weighted by molar-refractivity contribution is -0.397. The maximum absolute atomic E-state index is 2.41. The fourth-order valence-electron chi connectivity index (χ4n) is 3.87. The maximum atomic E-state index is 2.41. The van der Waals surface area contributed by atoms with Crippen molar-refractivity contribution in [2.75, 3.05) is 7.05 Å². The number of rotatable bonds is 1. The van der Waals surface area contributed by atoms with Crippen LogP contribution in [0.2, 0.25) is 0 Å². The van der Waals surface area contributed by atoms with E-state index in [0.717, 1.165) is 0 Å². The molecule has 0 aliphatic carbocycles. The van der Waals surface area contributed by atoms with E-state index in [1.165, 1.54) is 37.5 Å². The molecule has 0 fully saturated rings. The normalized spacial score (nSPS) is 16.4. The van der Waals surface area contributed by atoms with E-state index in [-0.39, 0.29) is 5.41 Å². The minimum absolute atomic E-state index is 0.0236. The molecule has 2 heteroatoms. The molecule has 0 saturated heterocycles. The zero-order valence-electron chi connectivity index (χ0n) is 13.5. The first-order valence-corrected chi connectivity index (χ1v) is 8.52. The van der Waals surface area contributed by atoms with Crippen LogP contribution in [0.15, 0.2) is 48.5 Å². The Bertz CT molecular complexity index is 928. The zero-order chi connectivity index (χ0) is 15.5. The number of fused-ring (bicyclic) bond motifs is 3. The van der Waals surface area contributed by atoms with Crippen LogP contribution in [0.1, 0.15) is 30.5 Å². The smallest absolute Gasteiger partial charge is 0.188 e. The average molecular weight is 306 g/mol. The van der Waals surface area contributed by atoms with Crippen LogP contribution in [-0.4, -0.2) is 17.3 Å². The van der Waals surface area contributed by atoms with Gasteiger partial charge in [-0.1, -0.05) is 47.7 Å². The van der Waals surface area contributed by atoms with Crippen molar-refractivity contribution in [3.8, 4) is 0 Å². The predicted octanol–water partition coefficient (Wildman–Crippen LogP) is 5.26. The molecule has 2 heterocycles. The maximum Gasteiger partial charge on any atom is 0.267 e. The second-order valence-electron chi connectivity index (χ2n) is 6.63. The zero-order valence-corrected chi connectivity index (χ0v) is 14.3. The van der Waals surface area contributed by atoms with E-state index >= 15 is 0 Å². The molecule has 1 aliphatic rings. The van der Waals surface area contributed by atoms with Gasteiger partial charge in [0.2, 0.25) is 0 Å². The van der Waals surface area contributed by atoms with Crippen molar-refractivity contribution < 1.29 is 4.58 Å². The summed E-state index contributed by atoms with van der Waals surface area (Å²) >= 11 is 1.91. The predicted molar refractivity (Wildman–Crippen MR) is 96.0 cm³/mol. The van der Waals surface area contributed by atoms with Crippen LogP contribution in [0.25, 0.3) is 10.1 Å². The molecular weight excluding hydrogens is 286 g/mol. The van der Waals surface area contributed by atoms with E-state index in [1.54, 1.807) is 0 Å². The average Bonchev–Trinajstić information content (AvgIpc) is 2.96. The lowest BCUT2D eigenvalue weighted by Crippen LogP contribution is -2.30. The van der Waals surface area contributed by atoms with Gasteiger partial charge in [-0.15, -0.1) is 0 Å². The Morgan fingerprint density at radius 2 is 1.64 bits per heavy atom. The summed E-state index contributed by atoms with van der Waals surface area (Å²) in [5, 5.41) is 2.80. The molecule has 1 aliphatic heterocycles. The first-order valence-electron chi connectivity index (χ1n) is 7.71. The van der Waals surface area contributed by atoms with Crippen LogP contribution in [0, 0.1) is 6.92 Å². The second kappa shape index (κ2) is 4.53. The van der Waals surface area contributed by atoms with Crippen molar-refractivity contribution in [2.45, 2.75) is 26.2 Å². The molecule has 1 aromatic heterocycles. The van der Waals surface area contributed by atoms with E-state index in [9.17, 15) is 0 Å². The minimum Gasteiger partial charge on any atom is -0.188 e. The quantitative estimate of drug-likeness (QED) is 0.539. The Balaban J connectivity index is 2.06. The van der Waals surface area contributed by atoms with E-state index in [1.807, 2.05) is 11.3 Å². The third kappa shape index (κ3) is 1.67. The van der Waals surface area contributed by atoms with Gasteiger partial charge in [-0.2, -0.15) is 4.58 Å². The largest absolute Gasteiger partial charge is 0.267 e. The molecule has 0 atom stereocenters. The third-order valence-electron chi connectivity index (χ3n) is 4.83. The number of hydrogen-bond acceptors (Lipinski definition) is 1. The molecule has 0 amide bonds. The molecule has 0 spiro atoms. The summed E-state index contributed by atoms with van der Waals surface area (Å²) in [5.41, 5.74) is 5.63. The van der Waals surface area contributed by atoms with E-state index < -0.39 is 0 Å². The standard InChI is InChI=1S/C20H20NS/c1-13-9-5-6-10-14(13)18-20(2,3)17-15-11-7-8-12-16(15)22-19(17)21(18)4/h5-12H,1-4H3/q+1. The Hall–Kier alpha value is -1.93. The van der Waals surface area contributed by atoms with Gasteiger partial charge in [0, 0.05) is 15.6 Å². The molecule has 0 bridgehead atoms. The van der Waals surface area contributed by atoms with Gasteiger partial charge in [0.05, 0.1) is 11.0 Å². The van der Waals surface area contributed by atoms with Gasteiger partial charge in [0.15, 0.2) is 5.71 Å². The Labute approximate surface area is 135 Å². The first kappa shape index (κ1) is 13.7. The molecule has 0 unspecified atom stereocenters. The molecule has 22 heavy (non-hydrogen) atoms. The summed E-state index contributed by atoms with van der Waals surface area (Å²) in [6, 6.07) is 17.5. The summed E-state index contributed by atoms with van der Waals surface area (Å²) in [7, 11) is 2.21. The molecule has 2 aromatic carbocycles. The molecule has 0 radical (unpaired) electrons. The third-order valence-corrected chi connectivity index (χ3v) is 6.08. The van der Waals surface area contributed by atoms with Gasteiger partial charge < -0.3 is 0 Å². The molecular formula is C20H20NS+. The van der Waals surface area contributed by atoms with Crippen molar-refractivity contribution in [3.05, 3.63) is 65.2 Å². The lowest BCUT2D eigenvalue weighted by atomic mass is 9.78. The second-order valence-corrected chi connectivity index (χ2v) is 7.66. The number of nitrogens with zero attached hydrogens (tertiary/aromatic N) is 1. The monoisotopic (exact) mass is 306 g/mol. The fourth-order valence-corrected chi connectivity index (χ4v) is 5.20. The van der Waals surface area contributed by atoms with Crippen molar-refractivity contribution in [2.24, 2.45) is 0 Å². The van der Waals surface area contributed by atoms with Crippen LogP contribution >= 0.6 is 11.3 Å². The molecule has 3 aromatic rings. The highest BCUT2D eigenvalue weighted by molar-refractivity contribution is 7.22. The Kier molecular flexibility index (Phi) is 2.82. The highest BCUT2D eigenvalue weighted by Gasteiger charge is 2.48. The van der Waals surface area contributed by atoms with Gasteiger partial charge >= 0.3 is 0 Å². The van der Waals surface area contributed by atoms with Gasteiger partial charge in [0.1, 0.15) is 7.05 Å². The molecule has 0 saturated carbocycles.